The van der Waals surface area contributed by atoms with Crippen LogP contribution in [0.2, 0.25) is 0 Å². The summed E-state index contributed by atoms with van der Waals surface area (Å²) in [5, 5.41) is 6.39. The number of nitrogens with one attached hydrogen (secondary N) is 2. The molecule has 1 heterocycles. The van der Waals surface area contributed by atoms with Crippen LogP contribution in [0.25, 0.3) is 0 Å². The smallest absolute Gasteiger partial charge is 0.237 e. The Hall–Kier alpha value is -0.570. The molecule has 1 aliphatic carbocycles. The highest BCUT2D eigenvalue weighted by molar-refractivity contribution is 5.83. The van der Waals surface area contributed by atoms with Crippen LogP contribution >= 0.6 is 0 Å². The number of hydrogen-bond acceptors (Lipinski definition) is 2. The van der Waals surface area contributed by atoms with Crippen LogP contribution in [0, 0.1) is 11.8 Å². The normalized spacial score (nSPS) is 42.9. The summed E-state index contributed by atoms with van der Waals surface area (Å²) in [6.07, 6.45) is 3.55. The Balaban J connectivity index is 1.92. The molecule has 3 heteroatoms. The summed E-state index contributed by atoms with van der Waals surface area (Å²) in [6, 6.07) is 0.617. The maximum atomic E-state index is 11.4. The SMILES string of the molecule is CC1CCC(C)C1NC1CCNC1=O. The molecule has 0 aromatic heterocycles. The summed E-state index contributed by atoms with van der Waals surface area (Å²) in [6.45, 7) is 5.41. The van der Waals surface area contributed by atoms with Gasteiger partial charge in [0.15, 0.2) is 0 Å². The molecule has 0 aromatic carbocycles. The van der Waals surface area contributed by atoms with E-state index in [-0.39, 0.29) is 11.9 Å². The van der Waals surface area contributed by atoms with E-state index >= 15 is 0 Å². The maximum absolute atomic E-state index is 11.4. The first-order chi connectivity index (χ1) is 6.68. The van der Waals surface area contributed by atoms with Crippen molar-refractivity contribution in [3.05, 3.63) is 0 Å². The van der Waals surface area contributed by atoms with Gasteiger partial charge in [-0.15, -0.1) is 0 Å². The second-order valence-corrected chi connectivity index (χ2v) is 4.86. The summed E-state index contributed by atoms with van der Waals surface area (Å²) >= 11 is 0. The van der Waals surface area contributed by atoms with Crippen LogP contribution in [-0.4, -0.2) is 24.5 Å². The van der Waals surface area contributed by atoms with Crippen molar-refractivity contribution >= 4 is 5.91 Å². The second-order valence-electron chi connectivity index (χ2n) is 4.86. The van der Waals surface area contributed by atoms with E-state index in [0.717, 1.165) is 24.8 Å². The molecule has 2 aliphatic rings. The predicted molar refractivity (Wildman–Crippen MR) is 55.9 cm³/mol. The highest BCUT2D eigenvalue weighted by Gasteiger charge is 2.34. The Bertz CT molecular complexity index is 219. The lowest BCUT2D eigenvalue weighted by Crippen LogP contribution is -2.46. The van der Waals surface area contributed by atoms with Crippen molar-refractivity contribution in [2.75, 3.05) is 6.54 Å². The summed E-state index contributed by atoms with van der Waals surface area (Å²) in [7, 11) is 0. The van der Waals surface area contributed by atoms with Gasteiger partial charge in [0.2, 0.25) is 5.91 Å². The second kappa shape index (κ2) is 3.89. The van der Waals surface area contributed by atoms with E-state index in [1.165, 1.54) is 12.8 Å². The molecule has 2 N–H and O–H groups in total. The third-order valence-electron chi connectivity index (χ3n) is 3.75. The molecule has 0 radical (unpaired) electrons. The monoisotopic (exact) mass is 196 g/mol. The molecule has 1 saturated heterocycles. The van der Waals surface area contributed by atoms with Gasteiger partial charge >= 0.3 is 0 Å². The van der Waals surface area contributed by atoms with Crippen molar-refractivity contribution in [2.24, 2.45) is 11.8 Å². The number of hydrogen-bond donors (Lipinski definition) is 2. The molecule has 0 aromatic rings. The Kier molecular flexibility index (Phi) is 2.77. The van der Waals surface area contributed by atoms with Crippen molar-refractivity contribution < 1.29 is 4.79 Å². The minimum absolute atomic E-state index is 0.0722. The van der Waals surface area contributed by atoms with Gasteiger partial charge in [-0.2, -0.15) is 0 Å². The zero-order valence-electron chi connectivity index (χ0n) is 9.05. The Morgan fingerprint density at radius 2 is 1.86 bits per heavy atom. The third kappa shape index (κ3) is 1.78. The molecule has 0 spiro atoms. The van der Waals surface area contributed by atoms with E-state index in [9.17, 15) is 4.79 Å². The van der Waals surface area contributed by atoms with Crippen molar-refractivity contribution in [1.82, 2.24) is 10.6 Å². The van der Waals surface area contributed by atoms with Gasteiger partial charge in [0.1, 0.15) is 0 Å². The fourth-order valence-electron chi connectivity index (χ4n) is 2.76. The molecule has 80 valence electrons. The van der Waals surface area contributed by atoms with Crippen molar-refractivity contribution in [2.45, 2.75) is 45.2 Å². The first-order valence-corrected chi connectivity index (χ1v) is 5.72. The van der Waals surface area contributed by atoms with E-state index in [1.807, 2.05) is 0 Å². The zero-order valence-corrected chi connectivity index (χ0v) is 9.05. The first kappa shape index (κ1) is 9.97. The van der Waals surface area contributed by atoms with E-state index in [1.54, 1.807) is 0 Å². The van der Waals surface area contributed by atoms with Gasteiger partial charge in [-0.05, 0) is 31.1 Å². The van der Waals surface area contributed by atoms with Crippen LogP contribution < -0.4 is 10.6 Å². The van der Waals surface area contributed by atoms with Gasteiger partial charge in [-0.1, -0.05) is 13.8 Å². The van der Waals surface area contributed by atoms with Gasteiger partial charge in [-0.3, -0.25) is 4.79 Å². The van der Waals surface area contributed by atoms with Crippen molar-refractivity contribution in [3.63, 3.8) is 0 Å². The summed E-state index contributed by atoms with van der Waals surface area (Å²) in [4.78, 5) is 11.4. The van der Waals surface area contributed by atoms with E-state index < -0.39 is 0 Å². The quantitative estimate of drug-likeness (QED) is 0.689. The molecule has 14 heavy (non-hydrogen) atoms. The molecular weight excluding hydrogens is 176 g/mol. The van der Waals surface area contributed by atoms with Crippen LogP contribution in [0.1, 0.15) is 33.1 Å². The lowest BCUT2D eigenvalue weighted by atomic mass is 9.99. The average Bonchev–Trinajstić information content (AvgIpc) is 2.67. The highest BCUT2D eigenvalue weighted by atomic mass is 16.2. The number of rotatable bonds is 2. The Morgan fingerprint density at radius 3 is 2.36 bits per heavy atom. The van der Waals surface area contributed by atoms with E-state index in [2.05, 4.69) is 24.5 Å². The van der Waals surface area contributed by atoms with Gasteiger partial charge in [-0.25, -0.2) is 0 Å². The fraction of sp³-hybridized carbons (Fsp3) is 0.909. The molecule has 3 atom stereocenters. The van der Waals surface area contributed by atoms with Crippen LogP contribution in [-0.2, 0) is 4.79 Å². The largest absolute Gasteiger partial charge is 0.355 e. The molecule has 1 aliphatic heterocycles. The van der Waals surface area contributed by atoms with Gasteiger partial charge in [0.05, 0.1) is 6.04 Å². The Morgan fingerprint density at radius 1 is 1.21 bits per heavy atom. The molecule has 1 saturated carbocycles. The predicted octanol–water partition coefficient (Wildman–Crippen LogP) is 0.899. The molecule has 2 fully saturated rings. The van der Waals surface area contributed by atoms with Crippen molar-refractivity contribution in [1.29, 1.82) is 0 Å². The summed E-state index contributed by atoms with van der Waals surface area (Å²) in [5.74, 6) is 1.63. The van der Waals surface area contributed by atoms with E-state index in [4.69, 9.17) is 0 Å². The topological polar surface area (TPSA) is 41.1 Å². The summed E-state index contributed by atoms with van der Waals surface area (Å²) < 4.78 is 0. The average molecular weight is 196 g/mol. The van der Waals surface area contributed by atoms with E-state index in [0.29, 0.717) is 6.04 Å². The van der Waals surface area contributed by atoms with Crippen LogP contribution in [0.3, 0.4) is 0 Å². The van der Waals surface area contributed by atoms with Crippen LogP contribution in [0.15, 0.2) is 0 Å². The maximum Gasteiger partial charge on any atom is 0.237 e. The minimum Gasteiger partial charge on any atom is -0.355 e. The van der Waals surface area contributed by atoms with Crippen molar-refractivity contribution in [3.8, 4) is 0 Å². The summed E-state index contributed by atoms with van der Waals surface area (Å²) in [5.41, 5.74) is 0. The minimum atomic E-state index is 0.0722. The molecule has 1 amide bonds. The number of amides is 1. The van der Waals surface area contributed by atoms with Crippen LogP contribution in [0.5, 0.6) is 0 Å². The molecule has 3 nitrogen and oxygen atoms in total. The van der Waals surface area contributed by atoms with Gasteiger partial charge in [0, 0.05) is 12.6 Å². The molecular formula is C11H20N2O. The first-order valence-electron chi connectivity index (χ1n) is 5.72. The number of carbonyl (C=O) groups is 1. The van der Waals surface area contributed by atoms with Crippen LogP contribution in [0.4, 0.5) is 0 Å². The lowest BCUT2D eigenvalue weighted by Gasteiger charge is -2.24. The highest BCUT2D eigenvalue weighted by Crippen LogP contribution is 2.31. The molecule has 2 rings (SSSR count). The zero-order chi connectivity index (χ0) is 10.1. The molecule has 3 unspecified atom stereocenters. The molecule has 0 bridgehead atoms. The number of carbonyl (C=O) groups excluding carboxylic acids is 1. The standard InChI is InChI=1S/C11H20N2O/c1-7-3-4-8(2)10(7)13-9-5-6-12-11(9)14/h7-10,13H,3-6H2,1-2H3,(H,12,14). The third-order valence-corrected chi connectivity index (χ3v) is 3.75. The Labute approximate surface area is 85.6 Å². The lowest BCUT2D eigenvalue weighted by molar-refractivity contribution is -0.121. The van der Waals surface area contributed by atoms with Gasteiger partial charge in [0.25, 0.3) is 0 Å². The van der Waals surface area contributed by atoms with Gasteiger partial charge < -0.3 is 10.6 Å². The fourth-order valence-corrected chi connectivity index (χ4v) is 2.76.